The van der Waals surface area contributed by atoms with Gasteiger partial charge in [-0.05, 0) is 108 Å². The number of nitrogens with zero attached hydrogens (tertiary/aromatic N) is 5. The smallest absolute Gasteiger partial charge is 0.236 e. The lowest BCUT2D eigenvalue weighted by atomic mass is 9.99. The average Bonchev–Trinajstić information content (AvgIpc) is 4.49. The standard InChI is InChI=1S/C23H19N3O2.C21H14BrCl2NO.C21H13Cl2NO/c1-3-8-16(9-4-1)20-14-27-22(25-20)18-12-7-13-19(24-18)23-26-21(15-28-23)17-10-5-2-6-11-17;22-18-9-7-15(23)10-14(18)11-19-17-8-6-16(24)12-20(17)26-21(25-19)13-4-2-1-3-5-13;22-15-7-9-18-14(10-15)11-19-17-8-6-16(23)12-20(17)25-21(24(18)19)13-4-2-1-3-5-13/h1-13,20-21H,14-15H2;1-10,12,21H,11H2;1-12,21H/t20-,21-;;/m0../s1. The second-order valence-corrected chi connectivity index (χ2v) is 21.5. The van der Waals surface area contributed by atoms with Crippen molar-refractivity contribution in [2.24, 2.45) is 15.0 Å². The fraction of sp³-hybridized carbons (Fsp3) is 0.108. The van der Waals surface area contributed by atoms with Gasteiger partial charge in [0.05, 0.1) is 16.9 Å². The summed E-state index contributed by atoms with van der Waals surface area (Å²) in [5, 5.41) is 3.82. The molecule has 14 heteroatoms. The minimum atomic E-state index is -0.393. The zero-order valence-electron chi connectivity index (χ0n) is 42.0. The molecule has 4 aliphatic heterocycles. The summed E-state index contributed by atoms with van der Waals surface area (Å²) in [6.07, 6.45) is -0.00128. The van der Waals surface area contributed by atoms with Crippen LogP contribution in [0.15, 0.2) is 238 Å². The Morgan fingerprint density at radius 1 is 0.468 bits per heavy atom. The second kappa shape index (κ2) is 23.3. The summed E-state index contributed by atoms with van der Waals surface area (Å²) in [6, 6.07) is 71.5. The van der Waals surface area contributed by atoms with Gasteiger partial charge in [0.1, 0.15) is 48.2 Å². The van der Waals surface area contributed by atoms with Crippen LogP contribution in [0, 0.1) is 0 Å². The number of halogens is 5. The minimum absolute atomic E-state index is 0.00388. The third-order valence-corrected chi connectivity index (χ3v) is 15.4. The van der Waals surface area contributed by atoms with Crippen molar-refractivity contribution in [1.82, 2.24) is 9.55 Å². The third-order valence-electron chi connectivity index (χ3n) is 13.7. The van der Waals surface area contributed by atoms with Gasteiger partial charge in [-0.1, -0.05) is 190 Å². The number of rotatable bonds is 8. The average molecular weight is 1180 g/mol. The monoisotopic (exact) mass is 1180 g/mol. The number of hydrogen-bond donors (Lipinski definition) is 0. The van der Waals surface area contributed by atoms with Crippen molar-refractivity contribution < 1.29 is 18.9 Å². The molecule has 0 aliphatic carbocycles. The Kier molecular flexibility index (Phi) is 15.4. The molecule has 79 heavy (non-hydrogen) atoms. The van der Waals surface area contributed by atoms with Crippen molar-refractivity contribution in [1.29, 1.82) is 0 Å². The topological polar surface area (TPSA) is 91.8 Å². The highest BCUT2D eigenvalue weighted by atomic mass is 79.9. The van der Waals surface area contributed by atoms with E-state index in [1.807, 2.05) is 176 Å². The van der Waals surface area contributed by atoms with Crippen LogP contribution >= 0.6 is 62.3 Å². The summed E-state index contributed by atoms with van der Waals surface area (Å²) in [5.41, 5.74) is 12.0. The van der Waals surface area contributed by atoms with E-state index in [1.54, 1.807) is 0 Å². The molecule has 10 aromatic rings. The molecule has 0 bridgehead atoms. The molecule has 4 aliphatic rings. The van der Waals surface area contributed by atoms with Gasteiger partial charge in [-0.25, -0.2) is 20.0 Å². The van der Waals surface area contributed by atoms with Crippen LogP contribution < -0.4 is 9.47 Å². The van der Waals surface area contributed by atoms with Crippen LogP contribution in [0.5, 0.6) is 11.5 Å². The van der Waals surface area contributed by atoms with Gasteiger partial charge in [0.25, 0.3) is 0 Å². The number of aliphatic imine (C=N–C) groups is 3. The Morgan fingerprint density at radius 2 is 0.975 bits per heavy atom. The molecule has 4 atom stereocenters. The number of pyridine rings is 1. The summed E-state index contributed by atoms with van der Waals surface area (Å²) in [7, 11) is 0. The van der Waals surface area contributed by atoms with Crippen LogP contribution in [-0.2, 0) is 15.9 Å². The van der Waals surface area contributed by atoms with Crippen molar-refractivity contribution in [2.45, 2.75) is 31.0 Å². The van der Waals surface area contributed by atoms with Crippen LogP contribution in [0.25, 0.3) is 22.2 Å². The van der Waals surface area contributed by atoms with Gasteiger partial charge in [0.2, 0.25) is 24.3 Å². The molecule has 0 N–H and O–H groups in total. The third kappa shape index (κ3) is 11.6. The first kappa shape index (κ1) is 52.0. The Morgan fingerprint density at radius 3 is 1.58 bits per heavy atom. The minimum Gasteiger partial charge on any atom is -0.474 e. The van der Waals surface area contributed by atoms with Gasteiger partial charge in [0.15, 0.2) is 0 Å². The van der Waals surface area contributed by atoms with Crippen LogP contribution in [0.2, 0.25) is 20.1 Å². The Bertz CT molecular complexity index is 3860. The van der Waals surface area contributed by atoms with E-state index in [0.29, 0.717) is 57.9 Å². The summed E-state index contributed by atoms with van der Waals surface area (Å²) >= 11 is 28.4. The van der Waals surface area contributed by atoms with Gasteiger partial charge >= 0.3 is 0 Å². The molecule has 0 saturated carbocycles. The molecule has 9 nitrogen and oxygen atoms in total. The van der Waals surface area contributed by atoms with Crippen molar-refractivity contribution in [3.63, 3.8) is 0 Å². The first-order valence-electron chi connectivity index (χ1n) is 25.5. The van der Waals surface area contributed by atoms with Gasteiger partial charge in [-0.3, -0.25) is 0 Å². The summed E-state index contributed by atoms with van der Waals surface area (Å²) in [4.78, 5) is 19.0. The fourth-order valence-corrected chi connectivity index (χ4v) is 10.9. The molecule has 6 heterocycles. The van der Waals surface area contributed by atoms with Crippen LogP contribution in [0.1, 0.15) is 69.3 Å². The zero-order valence-corrected chi connectivity index (χ0v) is 46.6. The molecule has 390 valence electrons. The molecule has 0 amide bonds. The largest absolute Gasteiger partial charge is 0.474 e. The summed E-state index contributed by atoms with van der Waals surface area (Å²) in [5.74, 6) is 2.67. The molecule has 0 spiro atoms. The van der Waals surface area contributed by atoms with E-state index in [-0.39, 0.29) is 18.3 Å². The predicted molar refractivity (Wildman–Crippen MR) is 321 cm³/mol. The van der Waals surface area contributed by atoms with E-state index >= 15 is 0 Å². The highest BCUT2D eigenvalue weighted by molar-refractivity contribution is 9.10. The highest BCUT2D eigenvalue weighted by Crippen LogP contribution is 2.45. The maximum absolute atomic E-state index is 6.37. The van der Waals surface area contributed by atoms with E-state index in [1.165, 1.54) is 0 Å². The molecule has 0 fully saturated rings. The SMILES string of the molecule is Clc1ccc(Br)c(CC2=NC(c3ccccc3)Oc3cc(Cl)ccc32)c1.Clc1ccc2c(c1)OC(c1ccccc1)n1c-2cc2cc(Cl)ccc21.c1ccc([C@@H]2COC(c3cccc(C4=N[C@H](c5ccccc5)CO4)n3)=N2)cc1. The quantitative estimate of drug-likeness (QED) is 0.151. The maximum Gasteiger partial charge on any atom is 0.236 e. The van der Waals surface area contributed by atoms with E-state index in [4.69, 9.17) is 80.3 Å². The van der Waals surface area contributed by atoms with Crippen molar-refractivity contribution in [3.05, 3.63) is 288 Å². The number of aromatic nitrogens is 2. The van der Waals surface area contributed by atoms with Gasteiger partial charge in [0, 0.05) is 58.6 Å². The van der Waals surface area contributed by atoms with Crippen LogP contribution in [-0.4, -0.2) is 40.3 Å². The molecule has 14 rings (SSSR count). The van der Waals surface area contributed by atoms with E-state index in [9.17, 15) is 0 Å². The molecular formula is C65H46BrCl4N5O4. The summed E-state index contributed by atoms with van der Waals surface area (Å²) in [6.45, 7) is 1.05. The summed E-state index contributed by atoms with van der Waals surface area (Å²) < 4.78 is 27.3. The zero-order chi connectivity index (χ0) is 53.8. The van der Waals surface area contributed by atoms with E-state index in [2.05, 4.69) is 67.9 Å². The Hall–Kier alpha value is -7.70. The lowest BCUT2D eigenvalue weighted by molar-refractivity contribution is 0.173. The number of ether oxygens (including phenoxy) is 4. The molecule has 0 radical (unpaired) electrons. The van der Waals surface area contributed by atoms with Crippen molar-refractivity contribution in [2.75, 3.05) is 13.2 Å². The van der Waals surface area contributed by atoms with Gasteiger partial charge < -0.3 is 23.5 Å². The van der Waals surface area contributed by atoms with Crippen molar-refractivity contribution >= 4 is 90.7 Å². The first-order chi connectivity index (χ1) is 38.7. The molecule has 2 aromatic heterocycles. The van der Waals surface area contributed by atoms with Crippen LogP contribution in [0.4, 0.5) is 0 Å². The molecule has 8 aromatic carbocycles. The van der Waals surface area contributed by atoms with E-state index < -0.39 is 6.23 Å². The Balaban J connectivity index is 0.000000118. The predicted octanol–water partition coefficient (Wildman–Crippen LogP) is 17.6. The molecular weight excluding hydrogens is 1140 g/mol. The van der Waals surface area contributed by atoms with Gasteiger partial charge in [-0.15, -0.1) is 0 Å². The lowest BCUT2D eigenvalue weighted by Gasteiger charge is -2.30. The van der Waals surface area contributed by atoms with E-state index in [0.717, 1.165) is 82.2 Å². The van der Waals surface area contributed by atoms with Crippen molar-refractivity contribution in [3.8, 4) is 22.8 Å². The number of fused-ring (bicyclic) bond motifs is 6. The fourth-order valence-electron chi connectivity index (χ4n) is 9.82. The molecule has 2 unspecified atom stereocenters. The Labute approximate surface area is 485 Å². The second-order valence-electron chi connectivity index (χ2n) is 18.9. The number of benzene rings is 8. The lowest BCUT2D eigenvalue weighted by Crippen LogP contribution is -2.22. The van der Waals surface area contributed by atoms with Crippen LogP contribution in [0.3, 0.4) is 0 Å². The maximum atomic E-state index is 6.37. The normalized spacial score (nSPS) is 17.5. The van der Waals surface area contributed by atoms with Gasteiger partial charge in [-0.2, -0.15) is 0 Å². The number of hydrogen-bond acceptors (Lipinski definition) is 8. The highest BCUT2D eigenvalue weighted by Gasteiger charge is 2.30. The first-order valence-corrected chi connectivity index (χ1v) is 27.8. The molecule has 0 saturated heterocycles.